The summed E-state index contributed by atoms with van der Waals surface area (Å²) < 4.78 is 35.0. The third-order valence-corrected chi connectivity index (χ3v) is 8.22. The van der Waals surface area contributed by atoms with Gasteiger partial charge in [-0.25, -0.2) is 8.42 Å². The van der Waals surface area contributed by atoms with E-state index < -0.39 is 16.1 Å². The number of fused-ring (bicyclic) bond motifs is 1. The molecule has 0 spiro atoms. The van der Waals surface area contributed by atoms with Gasteiger partial charge in [0.2, 0.25) is 10.0 Å². The highest BCUT2D eigenvalue weighted by Crippen LogP contribution is 2.34. The van der Waals surface area contributed by atoms with E-state index in [-0.39, 0.29) is 30.1 Å². The minimum Gasteiger partial charge on any atom is -0.487 e. The van der Waals surface area contributed by atoms with Crippen molar-refractivity contribution in [2.75, 3.05) is 26.7 Å². The van der Waals surface area contributed by atoms with E-state index in [0.29, 0.717) is 18.2 Å². The first-order valence-corrected chi connectivity index (χ1v) is 13.7. The van der Waals surface area contributed by atoms with Crippen LogP contribution in [0.1, 0.15) is 45.2 Å². The number of hydrogen-bond acceptors (Lipinski definition) is 5. The highest BCUT2D eigenvalue weighted by Gasteiger charge is 2.38. The number of nitrogens with zero attached hydrogens (tertiary/aromatic N) is 2. The first-order chi connectivity index (χ1) is 16.6. The molecule has 190 valence electrons. The number of benzene rings is 2. The molecule has 0 aromatic heterocycles. The molecule has 0 bridgehead atoms. The molecule has 0 unspecified atom stereocenters. The van der Waals surface area contributed by atoms with Gasteiger partial charge >= 0.3 is 0 Å². The first kappa shape index (κ1) is 27.2. The zero-order chi connectivity index (χ0) is 25.6. The van der Waals surface area contributed by atoms with E-state index in [4.69, 9.17) is 4.74 Å². The van der Waals surface area contributed by atoms with E-state index in [1.807, 2.05) is 32.2 Å². The maximum atomic E-state index is 13.6. The van der Waals surface area contributed by atoms with Gasteiger partial charge in [-0.15, -0.1) is 0 Å². The van der Waals surface area contributed by atoms with Gasteiger partial charge in [-0.3, -0.25) is 4.90 Å². The quantitative estimate of drug-likeness (QED) is 0.585. The second kappa shape index (κ2) is 12.0. The molecule has 1 aliphatic rings. The Morgan fingerprint density at radius 3 is 2.54 bits per heavy atom. The summed E-state index contributed by atoms with van der Waals surface area (Å²) in [6.45, 7) is 9.36. The summed E-state index contributed by atoms with van der Waals surface area (Å²) in [5.74, 6) is 7.00. The van der Waals surface area contributed by atoms with Crippen molar-refractivity contribution in [3.05, 3.63) is 59.7 Å². The minimum absolute atomic E-state index is 0.0965. The SMILES string of the molecule is CC(C)CC#Cc1ccc2c(c1)O[C@H](CN(C)Cc1ccccc1)[C@H](C)CN([C@@H](C)CO)S2(=O)=O. The Hall–Kier alpha value is -2.37. The van der Waals surface area contributed by atoms with Crippen LogP contribution in [0.15, 0.2) is 53.4 Å². The lowest BCUT2D eigenvalue weighted by atomic mass is 10.0. The molecule has 0 saturated carbocycles. The smallest absolute Gasteiger partial charge is 0.247 e. The third kappa shape index (κ3) is 7.08. The van der Waals surface area contributed by atoms with Gasteiger partial charge in [0, 0.05) is 43.6 Å². The van der Waals surface area contributed by atoms with Gasteiger partial charge in [0.1, 0.15) is 16.7 Å². The van der Waals surface area contributed by atoms with Gasteiger partial charge in [-0.05, 0) is 43.7 Å². The fourth-order valence-electron chi connectivity index (χ4n) is 4.15. The van der Waals surface area contributed by atoms with Crippen LogP contribution in [0, 0.1) is 23.7 Å². The van der Waals surface area contributed by atoms with E-state index >= 15 is 0 Å². The average molecular weight is 499 g/mol. The third-order valence-electron chi connectivity index (χ3n) is 6.20. The van der Waals surface area contributed by atoms with Crippen molar-refractivity contribution in [1.29, 1.82) is 0 Å². The van der Waals surface area contributed by atoms with Crippen LogP contribution < -0.4 is 4.74 Å². The zero-order valence-corrected chi connectivity index (χ0v) is 22.3. The van der Waals surface area contributed by atoms with Gasteiger partial charge in [0.15, 0.2) is 0 Å². The van der Waals surface area contributed by atoms with Crippen LogP contribution in [-0.4, -0.2) is 61.6 Å². The maximum absolute atomic E-state index is 13.6. The average Bonchev–Trinajstić information content (AvgIpc) is 2.81. The molecule has 3 atom stereocenters. The molecule has 7 heteroatoms. The number of rotatable bonds is 7. The van der Waals surface area contributed by atoms with Crippen molar-refractivity contribution in [3.8, 4) is 17.6 Å². The summed E-state index contributed by atoms with van der Waals surface area (Å²) in [5.41, 5.74) is 1.93. The molecule has 0 amide bonds. The van der Waals surface area contributed by atoms with Crippen LogP contribution in [0.2, 0.25) is 0 Å². The molecule has 2 aromatic carbocycles. The summed E-state index contributed by atoms with van der Waals surface area (Å²) >= 11 is 0. The van der Waals surface area contributed by atoms with Gasteiger partial charge in [0.05, 0.1) is 6.61 Å². The monoisotopic (exact) mass is 498 g/mol. The van der Waals surface area contributed by atoms with E-state index in [0.717, 1.165) is 18.5 Å². The van der Waals surface area contributed by atoms with Crippen molar-refractivity contribution >= 4 is 10.0 Å². The lowest BCUT2D eigenvalue weighted by molar-refractivity contribution is 0.0733. The second-order valence-corrected chi connectivity index (χ2v) is 11.8. The largest absolute Gasteiger partial charge is 0.487 e. The highest BCUT2D eigenvalue weighted by atomic mass is 32.2. The Kier molecular flexibility index (Phi) is 9.37. The number of ether oxygens (including phenoxy) is 1. The minimum atomic E-state index is -3.85. The Labute approximate surface area is 211 Å². The molecule has 0 saturated heterocycles. The fraction of sp³-hybridized carbons (Fsp3) is 0.500. The fourth-order valence-corrected chi connectivity index (χ4v) is 5.97. The van der Waals surface area contributed by atoms with Gasteiger partial charge in [0.25, 0.3) is 0 Å². The molecule has 0 radical (unpaired) electrons. The number of aliphatic hydroxyl groups excluding tert-OH is 1. The molecule has 1 N–H and O–H groups in total. The first-order valence-electron chi connectivity index (χ1n) is 12.3. The highest BCUT2D eigenvalue weighted by molar-refractivity contribution is 7.89. The number of aliphatic hydroxyl groups is 1. The lowest BCUT2D eigenvalue weighted by Crippen LogP contribution is -2.49. The Morgan fingerprint density at radius 2 is 1.89 bits per heavy atom. The Bertz CT molecular complexity index is 1140. The van der Waals surface area contributed by atoms with Crippen molar-refractivity contribution in [2.45, 2.75) is 57.7 Å². The van der Waals surface area contributed by atoms with E-state index in [1.165, 1.54) is 9.87 Å². The zero-order valence-electron chi connectivity index (χ0n) is 21.4. The maximum Gasteiger partial charge on any atom is 0.247 e. The van der Waals surface area contributed by atoms with E-state index in [2.05, 4.69) is 42.7 Å². The van der Waals surface area contributed by atoms with Crippen molar-refractivity contribution < 1.29 is 18.3 Å². The molecule has 2 aromatic rings. The van der Waals surface area contributed by atoms with Crippen LogP contribution in [-0.2, 0) is 16.6 Å². The normalized spacial score (nSPS) is 20.8. The molecule has 3 rings (SSSR count). The molecule has 0 fully saturated rings. The summed E-state index contributed by atoms with van der Waals surface area (Å²) in [6, 6.07) is 14.7. The van der Waals surface area contributed by atoms with Crippen LogP contribution in [0.3, 0.4) is 0 Å². The van der Waals surface area contributed by atoms with Crippen molar-refractivity contribution in [1.82, 2.24) is 9.21 Å². The van der Waals surface area contributed by atoms with Gasteiger partial charge < -0.3 is 9.84 Å². The summed E-state index contributed by atoms with van der Waals surface area (Å²) in [6.07, 6.45) is 0.521. The van der Waals surface area contributed by atoms with Crippen LogP contribution >= 0.6 is 0 Å². The number of sulfonamides is 1. The van der Waals surface area contributed by atoms with Crippen LogP contribution in [0.5, 0.6) is 5.75 Å². The standard InChI is InChI=1S/C28H38N2O4S/c1-21(2)10-9-13-24-14-15-28-26(16-24)34-27(19-29(5)18-25-11-7-6-8-12-25)22(3)17-30(23(4)20-31)35(28,32)33/h6-8,11-12,14-16,21-23,27,31H,10,17-20H2,1-5H3/t22-,23+,27-/m1/s1. The van der Waals surface area contributed by atoms with Crippen LogP contribution in [0.25, 0.3) is 0 Å². The molecular formula is C28H38N2O4S. The summed E-state index contributed by atoms with van der Waals surface area (Å²) in [5, 5.41) is 9.81. The molecule has 1 heterocycles. The number of hydrogen-bond donors (Lipinski definition) is 1. The molecular weight excluding hydrogens is 460 g/mol. The second-order valence-electron chi connectivity index (χ2n) is 9.98. The molecule has 6 nitrogen and oxygen atoms in total. The van der Waals surface area contributed by atoms with Crippen LogP contribution in [0.4, 0.5) is 0 Å². The number of likely N-dealkylation sites (N-methyl/N-ethyl adjacent to an activating group) is 1. The Morgan fingerprint density at radius 1 is 1.17 bits per heavy atom. The van der Waals surface area contributed by atoms with Gasteiger partial charge in [-0.1, -0.05) is 62.9 Å². The summed E-state index contributed by atoms with van der Waals surface area (Å²) in [4.78, 5) is 2.31. The topological polar surface area (TPSA) is 70.1 Å². The van der Waals surface area contributed by atoms with Crippen molar-refractivity contribution in [2.24, 2.45) is 11.8 Å². The Balaban J connectivity index is 1.97. The van der Waals surface area contributed by atoms with Gasteiger partial charge in [-0.2, -0.15) is 4.31 Å². The van der Waals surface area contributed by atoms with Crippen molar-refractivity contribution in [3.63, 3.8) is 0 Å². The van der Waals surface area contributed by atoms with E-state index in [9.17, 15) is 13.5 Å². The molecule has 35 heavy (non-hydrogen) atoms. The summed E-state index contributed by atoms with van der Waals surface area (Å²) in [7, 11) is -1.81. The lowest BCUT2D eigenvalue weighted by Gasteiger charge is -2.37. The van der Waals surface area contributed by atoms with E-state index in [1.54, 1.807) is 25.1 Å². The predicted octanol–water partition coefficient (Wildman–Crippen LogP) is 3.98. The molecule has 1 aliphatic heterocycles. The predicted molar refractivity (Wildman–Crippen MR) is 140 cm³/mol. The molecule has 0 aliphatic carbocycles.